The number of ether oxygens (including phenoxy) is 1. The van der Waals surface area contributed by atoms with Gasteiger partial charge in [0.15, 0.2) is 0 Å². The van der Waals surface area contributed by atoms with Crippen molar-refractivity contribution in [3.63, 3.8) is 0 Å². The first kappa shape index (κ1) is 22.3. The van der Waals surface area contributed by atoms with E-state index in [1.54, 1.807) is 0 Å². The van der Waals surface area contributed by atoms with E-state index in [0.29, 0.717) is 25.0 Å². The maximum Gasteiger partial charge on any atom is 0.123 e. The van der Waals surface area contributed by atoms with Gasteiger partial charge in [-0.2, -0.15) is 0 Å². The molecule has 25 heavy (non-hydrogen) atoms. The van der Waals surface area contributed by atoms with Crippen LogP contribution in [0.1, 0.15) is 52.2 Å². The summed E-state index contributed by atoms with van der Waals surface area (Å²) in [6.07, 6.45) is 0.845. The maximum absolute atomic E-state index is 10.4. The molecule has 0 bridgehead atoms. The Bertz CT molecular complexity index is 531. The molecule has 3 atom stereocenters. The highest BCUT2D eigenvalue weighted by molar-refractivity contribution is 5.85. The fraction of sp³-hybridized carbons (Fsp3) is 0.714. The topological polar surface area (TPSA) is 32.7 Å². The van der Waals surface area contributed by atoms with Crippen LogP contribution in [0.2, 0.25) is 0 Å². The number of hydrogen-bond donors (Lipinski definition) is 1. The van der Waals surface area contributed by atoms with E-state index in [1.165, 1.54) is 17.5 Å². The van der Waals surface area contributed by atoms with Crippen molar-refractivity contribution in [2.45, 2.75) is 59.5 Å². The third-order valence-electron chi connectivity index (χ3n) is 4.79. The summed E-state index contributed by atoms with van der Waals surface area (Å²) in [6, 6.07) is 6.30. The van der Waals surface area contributed by atoms with Gasteiger partial charge in [0.25, 0.3) is 0 Å². The van der Waals surface area contributed by atoms with Crippen LogP contribution in [0.15, 0.2) is 18.2 Å². The number of rotatable bonds is 5. The number of hydrogen-bond acceptors (Lipinski definition) is 3. The third kappa shape index (κ3) is 6.80. The lowest BCUT2D eigenvalue weighted by Gasteiger charge is -2.36. The van der Waals surface area contributed by atoms with Crippen molar-refractivity contribution in [3.8, 4) is 5.75 Å². The molecule has 1 fully saturated rings. The van der Waals surface area contributed by atoms with Crippen molar-refractivity contribution < 1.29 is 9.84 Å². The highest BCUT2D eigenvalue weighted by atomic mass is 35.5. The van der Waals surface area contributed by atoms with Crippen molar-refractivity contribution >= 4 is 12.4 Å². The van der Waals surface area contributed by atoms with Crippen LogP contribution < -0.4 is 4.74 Å². The SMILES string of the molecule is Cc1ccc(OCC(O)CN2CC(C)CC(C)C2)c(C(C)(C)C)c1.Cl. The first-order chi connectivity index (χ1) is 11.1. The third-order valence-corrected chi connectivity index (χ3v) is 4.79. The molecule has 1 aromatic carbocycles. The Hall–Kier alpha value is -0.770. The number of aliphatic hydroxyl groups is 1. The Morgan fingerprint density at radius 3 is 2.36 bits per heavy atom. The van der Waals surface area contributed by atoms with E-state index in [-0.39, 0.29) is 17.8 Å². The maximum atomic E-state index is 10.4. The predicted octanol–water partition coefficient (Wildman–Crippen LogP) is 4.43. The standard InChI is InChI=1S/C21H35NO2.ClH/c1-15-7-8-20(19(10-15)21(4,5)6)24-14-18(23)13-22-11-16(2)9-17(3)12-22;/h7-8,10,16-18,23H,9,11-14H2,1-6H3;1H. The van der Waals surface area contributed by atoms with Gasteiger partial charge in [0.2, 0.25) is 0 Å². The Labute approximate surface area is 160 Å². The predicted molar refractivity (Wildman–Crippen MR) is 108 cm³/mol. The second-order valence-corrected chi connectivity index (χ2v) is 8.88. The summed E-state index contributed by atoms with van der Waals surface area (Å²) >= 11 is 0. The molecule has 3 unspecified atom stereocenters. The Morgan fingerprint density at radius 1 is 1.20 bits per heavy atom. The fourth-order valence-corrected chi connectivity index (χ4v) is 3.83. The minimum absolute atomic E-state index is 0. The molecule has 0 radical (unpaired) electrons. The molecular weight excluding hydrogens is 334 g/mol. The van der Waals surface area contributed by atoms with Crippen molar-refractivity contribution in [1.82, 2.24) is 4.90 Å². The van der Waals surface area contributed by atoms with Crippen molar-refractivity contribution in [2.24, 2.45) is 11.8 Å². The second kappa shape index (κ2) is 9.25. The molecule has 1 aliphatic heterocycles. The zero-order valence-electron chi connectivity index (χ0n) is 16.7. The van der Waals surface area contributed by atoms with Crippen LogP contribution in [0.4, 0.5) is 0 Å². The van der Waals surface area contributed by atoms with E-state index in [4.69, 9.17) is 4.74 Å². The molecule has 3 nitrogen and oxygen atoms in total. The monoisotopic (exact) mass is 369 g/mol. The highest BCUT2D eigenvalue weighted by Crippen LogP contribution is 2.32. The molecule has 0 saturated carbocycles. The number of nitrogens with zero attached hydrogens (tertiary/aromatic N) is 1. The van der Waals surface area contributed by atoms with Crippen LogP contribution in [0.25, 0.3) is 0 Å². The molecule has 2 rings (SSSR count). The molecule has 1 saturated heterocycles. The van der Waals surface area contributed by atoms with E-state index >= 15 is 0 Å². The second-order valence-electron chi connectivity index (χ2n) is 8.88. The quantitative estimate of drug-likeness (QED) is 0.833. The molecular formula is C21H36ClNO2. The van der Waals surface area contributed by atoms with Crippen LogP contribution in [-0.2, 0) is 5.41 Å². The Balaban J connectivity index is 0.00000312. The number of β-amino-alcohol motifs (C(OH)–C–C–N with tert-alkyl or cyclic N) is 1. The van der Waals surface area contributed by atoms with Gasteiger partial charge in [0.1, 0.15) is 18.5 Å². The molecule has 144 valence electrons. The van der Waals surface area contributed by atoms with Gasteiger partial charge in [-0.3, -0.25) is 0 Å². The minimum atomic E-state index is -0.448. The van der Waals surface area contributed by atoms with Gasteiger partial charge in [-0.25, -0.2) is 0 Å². The van der Waals surface area contributed by atoms with Crippen molar-refractivity contribution in [1.29, 1.82) is 0 Å². The number of aryl methyl sites for hydroxylation is 1. The highest BCUT2D eigenvalue weighted by Gasteiger charge is 2.24. The molecule has 0 aliphatic carbocycles. The van der Waals surface area contributed by atoms with E-state index in [1.807, 2.05) is 6.07 Å². The molecule has 0 amide bonds. The fourth-order valence-electron chi connectivity index (χ4n) is 3.83. The first-order valence-corrected chi connectivity index (χ1v) is 9.29. The lowest BCUT2D eigenvalue weighted by molar-refractivity contribution is 0.0424. The van der Waals surface area contributed by atoms with Crippen molar-refractivity contribution in [2.75, 3.05) is 26.2 Å². The number of likely N-dealkylation sites (tertiary alicyclic amines) is 1. The number of aliphatic hydroxyl groups excluding tert-OH is 1. The van der Waals surface area contributed by atoms with Gasteiger partial charge in [-0.1, -0.05) is 52.3 Å². The van der Waals surface area contributed by atoms with Crippen molar-refractivity contribution in [3.05, 3.63) is 29.3 Å². The average molecular weight is 370 g/mol. The molecule has 4 heteroatoms. The van der Waals surface area contributed by atoms with Gasteiger partial charge in [-0.05, 0) is 42.2 Å². The molecule has 0 spiro atoms. The molecule has 1 heterocycles. The van der Waals surface area contributed by atoms with Crippen LogP contribution in [0.5, 0.6) is 5.75 Å². The summed E-state index contributed by atoms with van der Waals surface area (Å²) in [5.74, 6) is 2.32. The summed E-state index contributed by atoms with van der Waals surface area (Å²) in [5, 5.41) is 10.4. The molecule has 1 N–H and O–H groups in total. The van der Waals surface area contributed by atoms with Crippen LogP contribution in [0.3, 0.4) is 0 Å². The number of halogens is 1. The number of benzene rings is 1. The van der Waals surface area contributed by atoms with Gasteiger partial charge in [-0.15, -0.1) is 12.4 Å². The summed E-state index contributed by atoms with van der Waals surface area (Å²) in [4.78, 5) is 2.38. The summed E-state index contributed by atoms with van der Waals surface area (Å²) in [6.45, 7) is 16.5. The van der Waals surface area contributed by atoms with Gasteiger partial charge >= 0.3 is 0 Å². The molecule has 0 aromatic heterocycles. The Morgan fingerprint density at radius 2 is 1.80 bits per heavy atom. The van der Waals surface area contributed by atoms with Gasteiger partial charge in [0.05, 0.1) is 0 Å². The lowest BCUT2D eigenvalue weighted by Crippen LogP contribution is -2.44. The smallest absolute Gasteiger partial charge is 0.123 e. The van der Waals surface area contributed by atoms with Crippen LogP contribution in [0, 0.1) is 18.8 Å². The zero-order chi connectivity index (χ0) is 17.9. The van der Waals surface area contributed by atoms with E-state index in [0.717, 1.165) is 18.8 Å². The largest absolute Gasteiger partial charge is 0.491 e. The average Bonchev–Trinajstić information content (AvgIpc) is 2.43. The Kier molecular flexibility index (Phi) is 8.24. The van der Waals surface area contributed by atoms with E-state index in [2.05, 4.69) is 58.6 Å². The van der Waals surface area contributed by atoms with Gasteiger partial charge < -0.3 is 14.7 Å². The summed E-state index contributed by atoms with van der Waals surface area (Å²) in [5.41, 5.74) is 2.48. The normalized spacial score (nSPS) is 23.0. The minimum Gasteiger partial charge on any atom is -0.491 e. The van der Waals surface area contributed by atoms with Crippen LogP contribution in [-0.4, -0.2) is 42.4 Å². The lowest BCUT2D eigenvalue weighted by atomic mass is 9.85. The first-order valence-electron chi connectivity index (χ1n) is 9.29. The summed E-state index contributed by atoms with van der Waals surface area (Å²) in [7, 11) is 0. The molecule has 1 aromatic rings. The zero-order valence-corrected chi connectivity index (χ0v) is 17.5. The summed E-state index contributed by atoms with van der Waals surface area (Å²) < 4.78 is 6.00. The van der Waals surface area contributed by atoms with Gasteiger partial charge in [0, 0.05) is 19.6 Å². The van der Waals surface area contributed by atoms with E-state index in [9.17, 15) is 5.11 Å². The van der Waals surface area contributed by atoms with Crippen LogP contribution >= 0.6 is 12.4 Å². The van der Waals surface area contributed by atoms with E-state index < -0.39 is 6.10 Å². The number of piperidine rings is 1. The molecule has 1 aliphatic rings.